The first-order valence-electron chi connectivity index (χ1n) is 6.84. The van der Waals surface area contributed by atoms with Gasteiger partial charge in [0.2, 0.25) is 0 Å². The normalized spacial score (nSPS) is 24.5. The molecule has 0 aromatic heterocycles. The first-order valence-corrected chi connectivity index (χ1v) is 6.84. The van der Waals surface area contributed by atoms with Crippen LogP contribution in [0.1, 0.15) is 29.5 Å². The van der Waals surface area contributed by atoms with Crippen LogP contribution in [0.3, 0.4) is 0 Å². The number of nitrogens with two attached hydrogens (primary N) is 1. The maximum absolute atomic E-state index is 11.7. The van der Waals surface area contributed by atoms with Gasteiger partial charge < -0.3 is 20.9 Å². The van der Waals surface area contributed by atoms with Gasteiger partial charge in [-0.3, -0.25) is 0 Å². The van der Waals surface area contributed by atoms with Gasteiger partial charge in [-0.1, -0.05) is 30.2 Å². The molecular formula is C14H20BNO4. The number of hydrogen-bond donors (Lipinski definition) is 4. The van der Waals surface area contributed by atoms with Crippen LogP contribution in [0, 0.1) is 12.8 Å². The lowest BCUT2D eigenvalue weighted by Gasteiger charge is -2.28. The number of hydrogen-bond acceptors (Lipinski definition) is 4. The minimum atomic E-state index is -1.37. The van der Waals surface area contributed by atoms with Crippen LogP contribution in [0.15, 0.2) is 18.2 Å². The number of benzene rings is 1. The molecule has 0 unspecified atom stereocenters. The van der Waals surface area contributed by atoms with Crippen molar-refractivity contribution in [3.8, 4) is 0 Å². The summed E-state index contributed by atoms with van der Waals surface area (Å²) in [6.07, 6.45) is 1.97. The first kappa shape index (κ1) is 15.0. The SMILES string of the molecule is Cc1ccc2c(c1)[C@@](N)(C(=O)O)[C@@H](CCCB(O)O)C2. The van der Waals surface area contributed by atoms with E-state index in [0.717, 1.165) is 11.1 Å². The van der Waals surface area contributed by atoms with E-state index in [0.29, 0.717) is 24.8 Å². The molecule has 1 aromatic carbocycles. The number of fused-ring (bicyclic) bond motifs is 1. The largest absolute Gasteiger partial charge is 0.480 e. The van der Waals surface area contributed by atoms with Gasteiger partial charge in [-0.25, -0.2) is 4.79 Å². The molecule has 0 spiro atoms. The van der Waals surface area contributed by atoms with E-state index in [4.69, 9.17) is 15.8 Å². The molecule has 0 saturated carbocycles. The van der Waals surface area contributed by atoms with E-state index in [1.807, 2.05) is 25.1 Å². The van der Waals surface area contributed by atoms with E-state index < -0.39 is 18.6 Å². The molecule has 2 atom stereocenters. The molecule has 6 heteroatoms. The van der Waals surface area contributed by atoms with Crippen molar-refractivity contribution in [1.29, 1.82) is 0 Å². The van der Waals surface area contributed by atoms with Gasteiger partial charge in [0.05, 0.1) is 0 Å². The van der Waals surface area contributed by atoms with Crippen LogP contribution >= 0.6 is 0 Å². The fourth-order valence-electron chi connectivity index (χ4n) is 3.07. The monoisotopic (exact) mass is 277 g/mol. The molecule has 0 amide bonds. The molecule has 0 heterocycles. The third-order valence-corrected chi connectivity index (χ3v) is 4.19. The highest BCUT2D eigenvalue weighted by molar-refractivity contribution is 6.40. The van der Waals surface area contributed by atoms with Crippen molar-refractivity contribution in [3.05, 3.63) is 34.9 Å². The minimum absolute atomic E-state index is 0.212. The topological polar surface area (TPSA) is 104 Å². The smallest absolute Gasteiger partial charge is 0.451 e. The summed E-state index contributed by atoms with van der Waals surface area (Å²) in [5, 5.41) is 27.3. The second-order valence-electron chi connectivity index (χ2n) is 5.65. The van der Waals surface area contributed by atoms with E-state index in [2.05, 4.69) is 0 Å². The summed E-state index contributed by atoms with van der Waals surface area (Å²) in [5.74, 6) is -1.23. The number of aryl methyl sites for hydroxylation is 1. The molecule has 1 aromatic rings. The van der Waals surface area contributed by atoms with Gasteiger partial charge in [0.15, 0.2) is 0 Å². The third-order valence-electron chi connectivity index (χ3n) is 4.19. The van der Waals surface area contributed by atoms with Gasteiger partial charge in [-0.2, -0.15) is 0 Å². The zero-order valence-electron chi connectivity index (χ0n) is 11.5. The number of carbonyl (C=O) groups is 1. The van der Waals surface area contributed by atoms with Crippen molar-refractivity contribution >= 4 is 13.1 Å². The fraction of sp³-hybridized carbons (Fsp3) is 0.500. The zero-order valence-corrected chi connectivity index (χ0v) is 11.5. The Morgan fingerprint density at radius 3 is 2.80 bits per heavy atom. The Bertz CT molecular complexity index is 520. The lowest BCUT2D eigenvalue weighted by atomic mass is 9.77. The van der Waals surface area contributed by atoms with Crippen LogP contribution in [-0.2, 0) is 16.8 Å². The molecule has 1 aliphatic rings. The van der Waals surface area contributed by atoms with E-state index >= 15 is 0 Å². The van der Waals surface area contributed by atoms with Gasteiger partial charge in [-0.05, 0) is 43.1 Å². The van der Waals surface area contributed by atoms with E-state index in [-0.39, 0.29) is 12.2 Å². The maximum atomic E-state index is 11.7. The Hall–Kier alpha value is -1.37. The van der Waals surface area contributed by atoms with Crippen LogP contribution in [0.5, 0.6) is 0 Å². The average molecular weight is 277 g/mol. The van der Waals surface area contributed by atoms with Crippen molar-refractivity contribution in [2.45, 2.75) is 38.0 Å². The predicted molar refractivity (Wildman–Crippen MR) is 76.1 cm³/mol. The summed E-state index contributed by atoms with van der Waals surface area (Å²) < 4.78 is 0. The van der Waals surface area contributed by atoms with Crippen LogP contribution in [0.2, 0.25) is 6.32 Å². The molecular weight excluding hydrogens is 257 g/mol. The highest BCUT2D eigenvalue weighted by Gasteiger charge is 2.49. The lowest BCUT2D eigenvalue weighted by Crippen LogP contribution is -2.48. The Labute approximate surface area is 118 Å². The quantitative estimate of drug-likeness (QED) is 0.592. The van der Waals surface area contributed by atoms with Crippen molar-refractivity contribution in [1.82, 2.24) is 0 Å². The second kappa shape index (κ2) is 5.56. The molecule has 0 aliphatic heterocycles. The molecule has 20 heavy (non-hydrogen) atoms. The first-order chi connectivity index (χ1) is 9.35. The highest BCUT2D eigenvalue weighted by Crippen LogP contribution is 2.42. The Morgan fingerprint density at radius 1 is 1.50 bits per heavy atom. The molecule has 108 valence electrons. The lowest BCUT2D eigenvalue weighted by molar-refractivity contribution is -0.145. The van der Waals surface area contributed by atoms with Crippen molar-refractivity contribution in [3.63, 3.8) is 0 Å². The molecule has 0 saturated heterocycles. The Kier molecular flexibility index (Phi) is 4.18. The van der Waals surface area contributed by atoms with Gasteiger partial charge in [0, 0.05) is 0 Å². The van der Waals surface area contributed by atoms with E-state index in [1.54, 1.807) is 0 Å². The molecule has 0 fully saturated rings. The molecule has 0 radical (unpaired) electrons. The van der Waals surface area contributed by atoms with Gasteiger partial charge in [-0.15, -0.1) is 0 Å². The zero-order chi connectivity index (χ0) is 14.9. The van der Waals surface area contributed by atoms with E-state index in [9.17, 15) is 9.90 Å². The number of carboxylic acids is 1. The maximum Gasteiger partial charge on any atom is 0.451 e. The predicted octanol–water partition coefficient (Wildman–Crippen LogP) is 0.659. The summed E-state index contributed by atoms with van der Waals surface area (Å²) >= 11 is 0. The summed E-state index contributed by atoms with van der Waals surface area (Å²) in [5.41, 5.74) is 7.51. The van der Waals surface area contributed by atoms with Crippen LogP contribution < -0.4 is 5.73 Å². The molecule has 0 bridgehead atoms. The van der Waals surface area contributed by atoms with Gasteiger partial charge in [0.25, 0.3) is 0 Å². The Balaban J connectivity index is 2.25. The Morgan fingerprint density at radius 2 is 2.20 bits per heavy atom. The fourth-order valence-corrected chi connectivity index (χ4v) is 3.07. The third kappa shape index (κ3) is 2.59. The number of rotatable bonds is 5. The van der Waals surface area contributed by atoms with Crippen LogP contribution in [-0.4, -0.2) is 28.2 Å². The average Bonchev–Trinajstić information content (AvgIpc) is 2.64. The summed E-state index contributed by atoms with van der Waals surface area (Å²) in [6, 6.07) is 5.75. The second-order valence-corrected chi connectivity index (χ2v) is 5.65. The summed E-state index contributed by atoms with van der Waals surface area (Å²) in [4.78, 5) is 11.7. The number of aliphatic carboxylic acids is 1. The van der Waals surface area contributed by atoms with E-state index in [1.165, 1.54) is 0 Å². The van der Waals surface area contributed by atoms with Crippen molar-refractivity contribution in [2.75, 3.05) is 0 Å². The van der Waals surface area contributed by atoms with Crippen molar-refractivity contribution in [2.24, 2.45) is 11.7 Å². The molecule has 1 aliphatic carbocycles. The highest BCUT2D eigenvalue weighted by atomic mass is 16.4. The molecule has 5 N–H and O–H groups in total. The molecule has 5 nitrogen and oxygen atoms in total. The van der Waals surface area contributed by atoms with Gasteiger partial charge in [0.1, 0.15) is 5.54 Å². The van der Waals surface area contributed by atoms with Crippen molar-refractivity contribution < 1.29 is 19.9 Å². The van der Waals surface area contributed by atoms with Crippen LogP contribution in [0.25, 0.3) is 0 Å². The van der Waals surface area contributed by atoms with Crippen LogP contribution in [0.4, 0.5) is 0 Å². The standard InChI is InChI=1S/C14H20BNO4/c1-9-4-5-10-8-11(3-2-6-15(19)20)14(16,13(17)18)12(10)7-9/h4-5,7,11,19-20H,2-3,6,8,16H2,1H3,(H,17,18)/t11-,14+/m0/s1. The summed E-state index contributed by atoms with van der Waals surface area (Å²) in [7, 11) is -1.35. The van der Waals surface area contributed by atoms with Gasteiger partial charge >= 0.3 is 13.1 Å². The summed E-state index contributed by atoms with van der Waals surface area (Å²) in [6.45, 7) is 1.91. The minimum Gasteiger partial charge on any atom is -0.480 e. The number of carboxylic acid groups (broad SMARTS) is 1. The molecule has 2 rings (SSSR count).